The van der Waals surface area contributed by atoms with Gasteiger partial charge in [-0.25, -0.2) is 0 Å². The summed E-state index contributed by atoms with van der Waals surface area (Å²) in [5.41, 5.74) is 4.63. The number of fused-ring (bicyclic) bond motifs is 2. The Balaban J connectivity index is 1.27. The molecule has 0 atom stereocenters. The molecule has 1 N–H and O–H groups in total. The van der Waals surface area contributed by atoms with Crippen LogP contribution in [-0.2, 0) is 28.9 Å². The molecule has 0 unspecified atom stereocenters. The largest absolute Gasteiger partial charge is 0.464 e. The van der Waals surface area contributed by atoms with E-state index in [1.54, 1.807) is 6.26 Å². The number of carbonyl (C=O) groups is 2. The van der Waals surface area contributed by atoms with Crippen LogP contribution in [0.15, 0.2) is 22.8 Å². The number of hydrogen-bond donors (Lipinski definition) is 1. The number of likely N-dealkylation sites (tertiary alicyclic amines) is 1. The maximum Gasteiger partial charge on any atom is 0.224 e. The number of nitrogens with one attached hydrogen (secondary N) is 1. The quantitative estimate of drug-likeness (QED) is 0.795. The predicted octanol–water partition coefficient (Wildman–Crippen LogP) is 3.37. The van der Waals surface area contributed by atoms with Crippen LogP contribution < -0.4 is 5.32 Å². The highest BCUT2D eigenvalue weighted by Crippen LogP contribution is 2.30. The lowest BCUT2D eigenvalue weighted by molar-refractivity contribution is -0.130. The minimum Gasteiger partial charge on any atom is -0.464 e. The molecule has 4 rings (SSSR count). The second-order valence-corrected chi connectivity index (χ2v) is 7.80. The van der Waals surface area contributed by atoms with E-state index < -0.39 is 0 Å². The normalized spacial score (nSPS) is 17.2. The first kappa shape index (κ1) is 18.1. The van der Waals surface area contributed by atoms with Crippen LogP contribution in [0, 0.1) is 0 Å². The van der Waals surface area contributed by atoms with Gasteiger partial charge < -0.3 is 14.6 Å². The molecule has 2 aromatic rings. The summed E-state index contributed by atoms with van der Waals surface area (Å²) in [4.78, 5) is 26.3. The van der Waals surface area contributed by atoms with E-state index in [-0.39, 0.29) is 11.8 Å². The smallest absolute Gasteiger partial charge is 0.224 e. The van der Waals surface area contributed by atoms with Crippen molar-refractivity contribution in [3.8, 4) is 0 Å². The second kappa shape index (κ2) is 8.15. The summed E-state index contributed by atoms with van der Waals surface area (Å²) in [5.74, 6) is 0.275. The molecule has 0 radical (unpaired) electrons. The van der Waals surface area contributed by atoms with E-state index >= 15 is 0 Å². The maximum atomic E-state index is 12.3. The molecule has 1 aromatic heterocycles. The minimum atomic E-state index is 0.0143. The Hall–Kier alpha value is -2.30. The molecule has 2 heterocycles. The van der Waals surface area contributed by atoms with Gasteiger partial charge in [0.2, 0.25) is 11.8 Å². The fourth-order valence-electron chi connectivity index (χ4n) is 4.29. The van der Waals surface area contributed by atoms with Crippen molar-refractivity contribution in [1.29, 1.82) is 0 Å². The van der Waals surface area contributed by atoms with Gasteiger partial charge >= 0.3 is 0 Å². The van der Waals surface area contributed by atoms with Crippen LogP contribution >= 0.6 is 0 Å². The first-order valence-electron chi connectivity index (χ1n) is 10.3. The Morgan fingerprint density at radius 3 is 2.81 bits per heavy atom. The van der Waals surface area contributed by atoms with Crippen molar-refractivity contribution >= 4 is 22.8 Å². The molecule has 1 aliphatic heterocycles. The number of hydrogen-bond acceptors (Lipinski definition) is 3. The number of furan rings is 1. The molecule has 1 aromatic carbocycles. The van der Waals surface area contributed by atoms with Gasteiger partial charge in [-0.2, -0.15) is 0 Å². The summed E-state index contributed by atoms with van der Waals surface area (Å²) in [6, 6.07) is 4.34. The van der Waals surface area contributed by atoms with Crippen LogP contribution in [0.4, 0.5) is 0 Å². The molecule has 5 heteroatoms. The molecule has 2 aliphatic rings. The first-order valence-corrected chi connectivity index (χ1v) is 10.3. The molecule has 144 valence electrons. The Labute approximate surface area is 160 Å². The zero-order valence-electron chi connectivity index (χ0n) is 15.9. The van der Waals surface area contributed by atoms with Crippen LogP contribution in [0.3, 0.4) is 0 Å². The van der Waals surface area contributed by atoms with E-state index in [9.17, 15) is 9.59 Å². The summed E-state index contributed by atoms with van der Waals surface area (Å²) in [6.07, 6.45) is 10.2. The highest BCUT2D eigenvalue weighted by atomic mass is 16.3. The van der Waals surface area contributed by atoms with Gasteiger partial charge in [0.15, 0.2) is 0 Å². The summed E-state index contributed by atoms with van der Waals surface area (Å²) in [6.45, 7) is 2.20. The number of nitrogens with zero attached hydrogens (tertiary/aromatic N) is 1. The van der Waals surface area contributed by atoms with E-state index in [1.807, 2.05) is 4.90 Å². The monoisotopic (exact) mass is 368 g/mol. The average Bonchev–Trinajstić information content (AvgIpc) is 3.21. The third kappa shape index (κ3) is 4.18. The van der Waals surface area contributed by atoms with Crippen LogP contribution in [-0.4, -0.2) is 36.3 Å². The number of carbonyl (C=O) groups excluding carboxylic acids is 2. The molecule has 1 aliphatic carbocycles. The Kier molecular flexibility index (Phi) is 5.46. The van der Waals surface area contributed by atoms with Crippen molar-refractivity contribution in [2.75, 3.05) is 19.6 Å². The topological polar surface area (TPSA) is 62.6 Å². The van der Waals surface area contributed by atoms with Gasteiger partial charge in [0.05, 0.1) is 12.7 Å². The number of benzene rings is 1. The molecule has 0 saturated carbocycles. The number of amides is 2. The Bertz CT molecular complexity index is 839. The van der Waals surface area contributed by atoms with Crippen molar-refractivity contribution in [2.24, 2.45) is 0 Å². The number of aryl methyl sites for hydroxylation is 2. The van der Waals surface area contributed by atoms with Gasteiger partial charge in [-0.15, -0.1) is 0 Å². The van der Waals surface area contributed by atoms with Gasteiger partial charge in [0, 0.05) is 37.0 Å². The predicted molar refractivity (Wildman–Crippen MR) is 105 cm³/mol. The second-order valence-electron chi connectivity index (χ2n) is 7.80. The minimum absolute atomic E-state index is 0.0143. The highest BCUT2D eigenvalue weighted by molar-refractivity contribution is 5.88. The third-order valence-electron chi connectivity index (χ3n) is 5.82. The fraction of sp³-hybridized carbons (Fsp3) is 0.545. The number of rotatable bonds is 6. The lowest BCUT2D eigenvalue weighted by Crippen LogP contribution is -2.34. The van der Waals surface area contributed by atoms with E-state index in [2.05, 4.69) is 17.4 Å². The molecule has 5 nitrogen and oxygen atoms in total. The van der Waals surface area contributed by atoms with Crippen molar-refractivity contribution in [1.82, 2.24) is 10.2 Å². The summed E-state index contributed by atoms with van der Waals surface area (Å²) in [7, 11) is 0. The maximum absolute atomic E-state index is 12.3. The van der Waals surface area contributed by atoms with E-state index in [0.29, 0.717) is 19.4 Å². The molecule has 2 amide bonds. The molecule has 27 heavy (non-hydrogen) atoms. The molecule has 1 fully saturated rings. The lowest BCUT2D eigenvalue weighted by Gasteiger charge is -2.20. The Morgan fingerprint density at radius 1 is 1.07 bits per heavy atom. The average molecular weight is 368 g/mol. The molecular weight excluding hydrogens is 340 g/mol. The van der Waals surface area contributed by atoms with Gasteiger partial charge in [-0.3, -0.25) is 9.59 Å². The van der Waals surface area contributed by atoms with Gasteiger partial charge in [0.25, 0.3) is 0 Å². The van der Waals surface area contributed by atoms with Crippen LogP contribution in [0.2, 0.25) is 0 Å². The zero-order chi connectivity index (χ0) is 18.6. The van der Waals surface area contributed by atoms with E-state index in [4.69, 9.17) is 4.42 Å². The summed E-state index contributed by atoms with van der Waals surface area (Å²) >= 11 is 0. The molecular formula is C22H28N2O3. The first-order chi connectivity index (χ1) is 13.2. The molecule has 0 spiro atoms. The van der Waals surface area contributed by atoms with Crippen molar-refractivity contribution in [3.63, 3.8) is 0 Å². The van der Waals surface area contributed by atoms with Crippen molar-refractivity contribution < 1.29 is 14.0 Å². The Morgan fingerprint density at radius 2 is 1.93 bits per heavy atom. The van der Waals surface area contributed by atoms with Crippen molar-refractivity contribution in [2.45, 2.75) is 57.8 Å². The van der Waals surface area contributed by atoms with Gasteiger partial charge in [-0.05, 0) is 61.8 Å². The van der Waals surface area contributed by atoms with Gasteiger partial charge in [0.1, 0.15) is 5.58 Å². The van der Waals surface area contributed by atoms with E-state index in [0.717, 1.165) is 68.1 Å². The fourth-order valence-corrected chi connectivity index (χ4v) is 4.29. The standard InChI is InChI=1S/C22H28N2O3/c25-21(23-9-5-11-24-10-3-1-2-8-22(24)26)14-18-15-27-20-13-17-7-4-6-16(17)12-19(18)20/h12-13,15H,1-11,14H2,(H,23,25). The van der Waals surface area contributed by atoms with Crippen LogP contribution in [0.25, 0.3) is 11.0 Å². The lowest BCUT2D eigenvalue weighted by atomic mass is 10.0. The van der Waals surface area contributed by atoms with Crippen LogP contribution in [0.1, 0.15) is 55.2 Å². The molecule has 0 bridgehead atoms. The third-order valence-corrected chi connectivity index (χ3v) is 5.82. The summed E-state index contributed by atoms with van der Waals surface area (Å²) < 4.78 is 5.68. The zero-order valence-corrected chi connectivity index (χ0v) is 15.9. The van der Waals surface area contributed by atoms with Crippen LogP contribution in [0.5, 0.6) is 0 Å². The SMILES string of the molecule is O=C(Cc1coc2cc3c(cc12)CCC3)NCCCN1CCCCCC1=O. The molecule has 1 saturated heterocycles. The summed E-state index contributed by atoms with van der Waals surface area (Å²) in [5, 5.41) is 4.06. The van der Waals surface area contributed by atoms with Gasteiger partial charge in [-0.1, -0.05) is 6.42 Å². The van der Waals surface area contributed by atoms with E-state index in [1.165, 1.54) is 17.5 Å². The van der Waals surface area contributed by atoms with Crippen molar-refractivity contribution in [3.05, 3.63) is 35.1 Å². The highest BCUT2D eigenvalue weighted by Gasteiger charge is 2.18.